The Morgan fingerprint density at radius 1 is 0.852 bits per heavy atom. The van der Waals surface area contributed by atoms with E-state index < -0.39 is 0 Å². The van der Waals surface area contributed by atoms with Gasteiger partial charge in [-0.15, -0.1) is 0 Å². The number of thiophene rings is 1. The normalized spacial score (nSPS) is 17.9. The summed E-state index contributed by atoms with van der Waals surface area (Å²) >= 11 is 1.92. The molecule has 4 rings (SSSR count). The maximum Gasteiger partial charge on any atom is 0.205 e. The van der Waals surface area contributed by atoms with Crippen molar-refractivity contribution in [2.24, 2.45) is 0 Å². The second kappa shape index (κ2) is 6.52. The first-order chi connectivity index (χ1) is 12.7. The van der Waals surface area contributed by atoms with Crippen LogP contribution < -0.4 is 10.2 Å². The van der Waals surface area contributed by atoms with E-state index in [1.165, 1.54) is 38.7 Å². The van der Waals surface area contributed by atoms with Crippen LogP contribution in [0.4, 0.5) is 0 Å². The van der Waals surface area contributed by atoms with Crippen molar-refractivity contribution in [3.8, 4) is 0 Å². The first-order valence-electron chi connectivity index (χ1n) is 10.2. The van der Waals surface area contributed by atoms with Gasteiger partial charge in [0.1, 0.15) is 0 Å². The number of rotatable bonds is 3. The Kier molecular flexibility index (Phi) is 4.54. The van der Waals surface area contributed by atoms with Gasteiger partial charge < -0.3 is 0 Å². The SMILES string of the molecule is CC(C)c1ccc([B]c2cc3cc4c(cc3s2)C(C)(C)CCC4(C)C)cc1. The topological polar surface area (TPSA) is 0 Å². The molecule has 0 N–H and O–H groups in total. The lowest BCUT2D eigenvalue weighted by molar-refractivity contribution is 0.332. The number of fused-ring (bicyclic) bond motifs is 2. The van der Waals surface area contributed by atoms with Crippen molar-refractivity contribution in [1.29, 1.82) is 0 Å². The van der Waals surface area contributed by atoms with Crippen LogP contribution >= 0.6 is 11.3 Å². The molecule has 1 aliphatic carbocycles. The molecule has 0 bridgehead atoms. The molecule has 0 fully saturated rings. The number of hydrogen-bond acceptors (Lipinski definition) is 1. The van der Waals surface area contributed by atoms with Crippen LogP contribution in [0.15, 0.2) is 42.5 Å². The van der Waals surface area contributed by atoms with Gasteiger partial charge in [-0.1, -0.05) is 71.3 Å². The zero-order valence-electron chi connectivity index (χ0n) is 17.5. The number of hydrogen-bond donors (Lipinski definition) is 0. The van der Waals surface area contributed by atoms with Gasteiger partial charge in [0.05, 0.1) is 0 Å². The molecule has 2 heteroatoms. The van der Waals surface area contributed by atoms with Crippen molar-refractivity contribution in [1.82, 2.24) is 0 Å². The Morgan fingerprint density at radius 3 is 2.04 bits per heavy atom. The molecule has 139 valence electrons. The largest absolute Gasteiger partial charge is 0.205 e. The molecular weight excluding hydrogens is 343 g/mol. The molecule has 0 saturated heterocycles. The van der Waals surface area contributed by atoms with Gasteiger partial charge in [-0.05, 0) is 74.6 Å². The molecule has 0 atom stereocenters. The molecule has 0 nitrogen and oxygen atoms in total. The van der Waals surface area contributed by atoms with Crippen LogP contribution in [0.5, 0.6) is 0 Å². The van der Waals surface area contributed by atoms with Gasteiger partial charge in [-0.2, -0.15) is 11.3 Å². The molecule has 27 heavy (non-hydrogen) atoms. The van der Waals surface area contributed by atoms with E-state index >= 15 is 0 Å². The van der Waals surface area contributed by atoms with Crippen molar-refractivity contribution in [2.45, 2.75) is 71.1 Å². The van der Waals surface area contributed by atoms with E-state index in [9.17, 15) is 0 Å². The highest BCUT2D eigenvalue weighted by atomic mass is 32.1. The first kappa shape index (κ1) is 18.8. The minimum atomic E-state index is 0.275. The van der Waals surface area contributed by atoms with E-state index in [4.69, 9.17) is 0 Å². The second-order valence-electron chi connectivity index (χ2n) is 9.82. The Morgan fingerprint density at radius 2 is 1.44 bits per heavy atom. The smallest absolute Gasteiger partial charge is 0.151 e. The fourth-order valence-electron chi connectivity index (χ4n) is 4.33. The fraction of sp³-hybridized carbons (Fsp3) is 0.440. The summed E-state index contributed by atoms with van der Waals surface area (Å²) in [5.74, 6) is 0.585. The molecule has 1 radical (unpaired) electrons. The molecule has 0 aliphatic heterocycles. The third-order valence-corrected chi connectivity index (χ3v) is 7.47. The maximum atomic E-state index is 2.48. The van der Waals surface area contributed by atoms with Crippen molar-refractivity contribution < 1.29 is 0 Å². The van der Waals surface area contributed by atoms with Crippen molar-refractivity contribution in [2.75, 3.05) is 0 Å². The Bertz CT molecular complexity index is 920. The highest BCUT2D eigenvalue weighted by Crippen LogP contribution is 2.47. The molecule has 1 aliphatic rings. The first-order valence-corrected chi connectivity index (χ1v) is 11.0. The Balaban J connectivity index is 1.70. The van der Waals surface area contributed by atoms with Gasteiger partial charge in [0.15, 0.2) is 0 Å². The number of benzene rings is 2. The van der Waals surface area contributed by atoms with Crippen LogP contribution in [0.1, 0.15) is 77.0 Å². The Labute approximate surface area is 169 Å². The van der Waals surface area contributed by atoms with Gasteiger partial charge in [0.2, 0.25) is 7.28 Å². The van der Waals surface area contributed by atoms with Gasteiger partial charge in [-0.3, -0.25) is 0 Å². The van der Waals surface area contributed by atoms with Crippen LogP contribution in [0.25, 0.3) is 10.1 Å². The average molecular weight is 373 g/mol. The van der Waals surface area contributed by atoms with Gasteiger partial charge in [-0.25, -0.2) is 0 Å². The summed E-state index contributed by atoms with van der Waals surface area (Å²) in [6.45, 7) is 14.1. The van der Waals surface area contributed by atoms with Crippen molar-refractivity contribution in [3.05, 3.63) is 59.2 Å². The summed E-state index contributed by atoms with van der Waals surface area (Å²) in [6.07, 6.45) is 2.54. The Hall–Kier alpha value is -1.54. The summed E-state index contributed by atoms with van der Waals surface area (Å²) < 4.78 is 2.77. The predicted octanol–water partition coefficient (Wildman–Crippen LogP) is 6.03. The van der Waals surface area contributed by atoms with Gasteiger partial charge >= 0.3 is 0 Å². The standard InChI is InChI=1S/C25H30BS/c1-16(2)17-7-9-19(10-8-17)26-23-14-18-13-20-21(15-22(18)27-23)25(5,6)12-11-24(20,3)4/h7-10,13-16H,11-12H2,1-6H3. The van der Waals surface area contributed by atoms with Crippen molar-refractivity contribution in [3.63, 3.8) is 0 Å². The van der Waals surface area contributed by atoms with E-state index in [2.05, 4.69) is 91.3 Å². The third-order valence-electron chi connectivity index (χ3n) is 6.42. The van der Waals surface area contributed by atoms with E-state index in [-0.39, 0.29) is 10.8 Å². The van der Waals surface area contributed by atoms with Crippen LogP contribution in [0, 0.1) is 0 Å². The summed E-state index contributed by atoms with van der Waals surface area (Å²) in [5, 5.41) is 1.40. The van der Waals surface area contributed by atoms with Gasteiger partial charge in [0, 0.05) is 4.70 Å². The summed E-state index contributed by atoms with van der Waals surface area (Å²) in [6, 6.07) is 16.3. The quantitative estimate of drug-likeness (QED) is 0.492. The summed E-state index contributed by atoms with van der Waals surface area (Å²) in [4.78, 5) is 0. The zero-order chi connectivity index (χ0) is 19.4. The maximum absolute atomic E-state index is 2.48. The summed E-state index contributed by atoms with van der Waals surface area (Å²) in [7, 11) is 2.32. The van der Waals surface area contributed by atoms with Crippen LogP contribution in [-0.2, 0) is 10.8 Å². The van der Waals surface area contributed by atoms with Gasteiger partial charge in [0.25, 0.3) is 0 Å². The highest BCUT2D eigenvalue weighted by molar-refractivity contribution is 7.28. The zero-order valence-corrected chi connectivity index (χ0v) is 18.3. The van der Waals surface area contributed by atoms with E-state index in [0.717, 1.165) is 0 Å². The molecular formula is C25H30BS. The molecule has 0 saturated carbocycles. The van der Waals surface area contributed by atoms with Crippen molar-refractivity contribution >= 4 is 38.9 Å². The van der Waals surface area contributed by atoms with Crippen LogP contribution in [0.3, 0.4) is 0 Å². The minimum absolute atomic E-state index is 0.275. The van der Waals surface area contributed by atoms with E-state index in [0.29, 0.717) is 5.92 Å². The van der Waals surface area contributed by atoms with E-state index in [1.807, 2.05) is 11.3 Å². The molecule has 1 aromatic heterocycles. The molecule has 0 spiro atoms. The minimum Gasteiger partial charge on any atom is -0.151 e. The summed E-state index contributed by atoms with van der Waals surface area (Å²) in [5.41, 5.74) is 6.35. The molecule has 0 amide bonds. The fourth-order valence-corrected chi connectivity index (χ4v) is 5.38. The lowest BCUT2D eigenvalue weighted by Gasteiger charge is -2.41. The average Bonchev–Trinajstić information content (AvgIpc) is 3.00. The highest BCUT2D eigenvalue weighted by Gasteiger charge is 2.37. The molecule has 0 unspecified atom stereocenters. The molecule has 3 aromatic rings. The van der Waals surface area contributed by atoms with Crippen LogP contribution in [-0.4, -0.2) is 7.28 Å². The van der Waals surface area contributed by atoms with E-state index in [1.54, 1.807) is 11.1 Å². The lowest BCUT2D eigenvalue weighted by Crippen LogP contribution is -2.33. The molecule has 1 heterocycles. The van der Waals surface area contributed by atoms with Crippen LogP contribution in [0.2, 0.25) is 0 Å². The monoisotopic (exact) mass is 373 g/mol. The predicted molar refractivity (Wildman–Crippen MR) is 123 cm³/mol. The third kappa shape index (κ3) is 3.49. The molecule has 2 aromatic carbocycles. The second-order valence-corrected chi connectivity index (χ2v) is 10.9. The lowest BCUT2D eigenvalue weighted by atomic mass is 9.63.